The molecule has 1 aliphatic rings. The number of carbonyl (C=O) groups is 1. The molecule has 1 aliphatic heterocycles. The van der Waals surface area contributed by atoms with Crippen LogP contribution in [-0.4, -0.2) is 40.4 Å². The minimum absolute atomic E-state index is 0.264. The number of carboxylic acid groups (broad SMARTS) is 1. The summed E-state index contributed by atoms with van der Waals surface area (Å²) in [6.07, 6.45) is 0.908. The van der Waals surface area contributed by atoms with Crippen molar-refractivity contribution in [3.63, 3.8) is 0 Å². The van der Waals surface area contributed by atoms with E-state index in [1.165, 1.54) is 6.20 Å². The van der Waals surface area contributed by atoms with Gasteiger partial charge in [-0.2, -0.15) is 0 Å². The van der Waals surface area contributed by atoms with Gasteiger partial charge in [0.05, 0.1) is 11.6 Å². The van der Waals surface area contributed by atoms with Crippen LogP contribution in [0.2, 0.25) is 0 Å². The normalized spacial score (nSPS) is 15.5. The van der Waals surface area contributed by atoms with Crippen LogP contribution in [0.5, 0.6) is 0 Å². The van der Waals surface area contributed by atoms with Crippen molar-refractivity contribution in [3.8, 4) is 0 Å². The van der Waals surface area contributed by atoms with Crippen molar-refractivity contribution in [2.75, 3.05) is 18.0 Å². The number of rotatable bonds is 2. The minimum atomic E-state index is -1.24. The van der Waals surface area contributed by atoms with E-state index in [1.54, 1.807) is 18.2 Å². The molecule has 2 heterocycles. The van der Waals surface area contributed by atoms with E-state index in [0.29, 0.717) is 24.0 Å². The Labute approximate surface area is 107 Å². The summed E-state index contributed by atoms with van der Waals surface area (Å²) < 4.78 is 0. The number of nitrogens with one attached hydrogen (secondary N) is 1. The number of fused-ring (bicyclic) bond motifs is 1. The smallest absolute Gasteiger partial charge is 0.341 e. The lowest BCUT2D eigenvalue weighted by atomic mass is 10.1. The van der Waals surface area contributed by atoms with Crippen molar-refractivity contribution in [2.45, 2.75) is 6.10 Å². The van der Waals surface area contributed by atoms with Gasteiger partial charge in [-0.25, -0.2) is 4.79 Å². The van der Waals surface area contributed by atoms with Gasteiger partial charge in [-0.05, 0) is 18.2 Å². The van der Waals surface area contributed by atoms with E-state index in [1.807, 2.05) is 4.90 Å². The maximum Gasteiger partial charge on any atom is 0.341 e. The van der Waals surface area contributed by atoms with Crippen LogP contribution in [0.25, 0.3) is 10.9 Å². The molecule has 6 nitrogen and oxygen atoms in total. The monoisotopic (exact) mass is 260 g/mol. The van der Waals surface area contributed by atoms with E-state index >= 15 is 0 Å². The average Bonchev–Trinajstić information content (AvgIpc) is 2.34. The number of carboxylic acids is 1. The molecule has 1 aromatic carbocycles. The third-order valence-corrected chi connectivity index (χ3v) is 3.32. The van der Waals surface area contributed by atoms with Gasteiger partial charge in [0.1, 0.15) is 5.56 Å². The van der Waals surface area contributed by atoms with Gasteiger partial charge in [0.2, 0.25) is 5.43 Å². The molecule has 1 fully saturated rings. The fraction of sp³-hybridized carbons (Fsp3) is 0.231. The quantitative estimate of drug-likeness (QED) is 0.727. The second-order valence-corrected chi connectivity index (χ2v) is 4.63. The van der Waals surface area contributed by atoms with E-state index in [9.17, 15) is 14.7 Å². The molecule has 1 saturated heterocycles. The Kier molecular flexibility index (Phi) is 2.53. The number of nitrogens with zero attached hydrogens (tertiary/aromatic N) is 1. The van der Waals surface area contributed by atoms with Crippen LogP contribution in [-0.2, 0) is 0 Å². The summed E-state index contributed by atoms with van der Waals surface area (Å²) in [6, 6.07) is 5.16. The van der Waals surface area contributed by atoms with Crippen LogP contribution < -0.4 is 10.3 Å². The standard InChI is InChI=1S/C13H12N2O4/c16-8-5-15(6-8)7-1-2-9-11(3-7)14-4-10(12(9)17)13(18)19/h1-4,8,16H,5-6H2,(H,14,17)(H,18,19). The van der Waals surface area contributed by atoms with Gasteiger partial charge < -0.3 is 20.1 Å². The van der Waals surface area contributed by atoms with Gasteiger partial charge >= 0.3 is 5.97 Å². The summed E-state index contributed by atoms with van der Waals surface area (Å²) in [5.74, 6) is -1.24. The second-order valence-electron chi connectivity index (χ2n) is 4.63. The summed E-state index contributed by atoms with van der Waals surface area (Å²) in [7, 11) is 0. The number of anilines is 1. The lowest BCUT2D eigenvalue weighted by Crippen LogP contribution is -2.50. The van der Waals surface area contributed by atoms with E-state index in [4.69, 9.17) is 5.11 Å². The first-order chi connectivity index (χ1) is 9.06. The molecular formula is C13H12N2O4. The number of hydrogen-bond acceptors (Lipinski definition) is 4. The SMILES string of the molecule is O=C(O)c1c[nH]c2cc(N3CC(O)C3)ccc2c1=O. The van der Waals surface area contributed by atoms with Crippen LogP contribution in [0.3, 0.4) is 0 Å². The zero-order chi connectivity index (χ0) is 13.6. The number of pyridine rings is 1. The highest BCUT2D eigenvalue weighted by Gasteiger charge is 2.24. The molecule has 2 aromatic rings. The van der Waals surface area contributed by atoms with Gasteiger partial charge in [0.25, 0.3) is 0 Å². The summed E-state index contributed by atoms with van der Waals surface area (Å²) >= 11 is 0. The highest BCUT2D eigenvalue weighted by molar-refractivity contribution is 5.93. The Morgan fingerprint density at radius 2 is 2.11 bits per heavy atom. The number of H-pyrrole nitrogens is 1. The highest BCUT2D eigenvalue weighted by atomic mass is 16.4. The lowest BCUT2D eigenvalue weighted by Gasteiger charge is -2.37. The molecule has 0 amide bonds. The average molecular weight is 260 g/mol. The Hall–Kier alpha value is -2.34. The number of aromatic amines is 1. The molecule has 0 radical (unpaired) electrons. The Morgan fingerprint density at radius 3 is 2.74 bits per heavy atom. The molecular weight excluding hydrogens is 248 g/mol. The molecule has 3 rings (SSSR count). The number of β-amino-alcohol motifs (C(OH)–C–C–N with tert-alkyl or cyclic N) is 1. The Balaban J connectivity index is 2.08. The van der Waals surface area contributed by atoms with Gasteiger partial charge in [0, 0.05) is 30.4 Å². The van der Waals surface area contributed by atoms with Gasteiger partial charge in [0.15, 0.2) is 0 Å². The largest absolute Gasteiger partial charge is 0.477 e. The van der Waals surface area contributed by atoms with Crippen molar-refractivity contribution < 1.29 is 15.0 Å². The molecule has 3 N–H and O–H groups in total. The van der Waals surface area contributed by atoms with Gasteiger partial charge in [-0.15, -0.1) is 0 Å². The third kappa shape index (κ3) is 1.86. The van der Waals surface area contributed by atoms with E-state index in [-0.39, 0.29) is 11.7 Å². The van der Waals surface area contributed by atoms with Crippen LogP contribution in [0.15, 0.2) is 29.2 Å². The van der Waals surface area contributed by atoms with Crippen molar-refractivity contribution in [3.05, 3.63) is 40.2 Å². The number of benzene rings is 1. The summed E-state index contributed by atoms with van der Waals surface area (Å²) in [6.45, 7) is 1.14. The van der Waals surface area contributed by atoms with E-state index < -0.39 is 11.4 Å². The summed E-state index contributed by atoms with van der Waals surface area (Å²) in [5.41, 5.74) is 0.737. The number of aliphatic hydroxyl groups is 1. The number of aliphatic hydroxyl groups excluding tert-OH is 1. The third-order valence-electron chi connectivity index (χ3n) is 3.32. The molecule has 98 valence electrons. The zero-order valence-corrected chi connectivity index (χ0v) is 9.96. The number of aromatic nitrogens is 1. The molecule has 19 heavy (non-hydrogen) atoms. The van der Waals surface area contributed by atoms with Crippen molar-refractivity contribution >= 4 is 22.6 Å². The summed E-state index contributed by atoms with van der Waals surface area (Å²) in [5, 5.41) is 18.5. The minimum Gasteiger partial charge on any atom is -0.477 e. The molecule has 0 bridgehead atoms. The van der Waals surface area contributed by atoms with Crippen LogP contribution >= 0.6 is 0 Å². The molecule has 0 saturated carbocycles. The molecule has 0 unspecified atom stereocenters. The van der Waals surface area contributed by atoms with E-state index in [0.717, 1.165) is 5.69 Å². The maximum absolute atomic E-state index is 11.9. The molecule has 0 atom stereocenters. The van der Waals surface area contributed by atoms with Crippen LogP contribution in [0.1, 0.15) is 10.4 Å². The second kappa shape index (κ2) is 4.10. The predicted octanol–water partition coefficient (Wildman–Crippen LogP) is 0.407. The first kappa shape index (κ1) is 11.7. The predicted molar refractivity (Wildman–Crippen MR) is 69.7 cm³/mol. The highest BCUT2D eigenvalue weighted by Crippen LogP contribution is 2.23. The van der Waals surface area contributed by atoms with Crippen molar-refractivity contribution in [1.29, 1.82) is 0 Å². The first-order valence-electron chi connectivity index (χ1n) is 5.88. The van der Waals surface area contributed by atoms with Gasteiger partial charge in [-0.3, -0.25) is 4.79 Å². The topological polar surface area (TPSA) is 93.6 Å². The first-order valence-corrected chi connectivity index (χ1v) is 5.88. The number of aromatic carboxylic acids is 1. The Morgan fingerprint density at radius 1 is 1.37 bits per heavy atom. The number of hydrogen-bond donors (Lipinski definition) is 3. The molecule has 1 aromatic heterocycles. The fourth-order valence-corrected chi connectivity index (χ4v) is 2.23. The van der Waals surface area contributed by atoms with Gasteiger partial charge in [-0.1, -0.05) is 0 Å². The molecule has 6 heteroatoms. The van der Waals surface area contributed by atoms with Crippen LogP contribution in [0.4, 0.5) is 5.69 Å². The molecule has 0 spiro atoms. The lowest BCUT2D eigenvalue weighted by molar-refractivity contribution is 0.0695. The van der Waals surface area contributed by atoms with Crippen LogP contribution in [0, 0.1) is 0 Å². The fourth-order valence-electron chi connectivity index (χ4n) is 2.23. The van der Waals surface area contributed by atoms with Crippen molar-refractivity contribution in [1.82, 2.24) is 4.98 Å². The van der Waals surface area contributed by atoms with Crippen molar-refractivity contribution in [2.24, 2.45) is 0 Å². The van der Waals surface area contributed by atoms with E-state index in [2.05, 4.69) is 4.98 Å². The Bertz CT molecular complexity index is 716. The molecule has 0 aliphatic carbocycles. The zero-order valence-electron chi connectivity index (χ0n) is 9.96. The summed E-state index contributed by atoms with van der Waals surface area (Å²) in [4.78, 5) is 27.6. The maximum atomic E-state index is 11.9.